The number of fused-ring (bicyclic) bond motifs is 2. The number of nitrogens with zero attached hydrogens (tertiary/aromatic N) is 6. The van der Waals surface area contributed by atoms with Gasteiger partial charge in [-0.25, -0.2) is 14.8 Å². The fourth-order valence-electron chi connectivity index (χ4n) is 3.38. The third kappa shape index (κ3) is 4.30. The molecule has 0 bridgehead atoms. The van der Waals surface area contributed by atoms with Crippen molar-refractivity contribution in [3.05, 3.63) is 34.8 Å². The molecule has 1 saturated heterocycles. The van der Waals surface area contributed by atoms with Gasteiger partial charge in [0.1, 0.15) is 34.6 Å². The number of carbonyl (C=O) groups excluding carboxylic acids is 2. The molecule has 13 nitrogen and oxygen atoms in total. The number of hydrogen-bond acceptors (Lipinski definition) is 14. The van der Waals surface area contributed by atoms with Gasteiger partial charge in [0, 0.05) is 28.4 Å². The molecular formula is C18H14N8O5S4. The number of β-lactam (4-membered cyclic amide) rings is 1. The fourth-order valence-corrected chi connectivity index (χ4v) is 7.44. The van der Waals surface area contributed by atoms with Crippen molar-refractivity contribution in [1.29, 1.82) is 0 Å². The molecule has 1 fully saturated rings. The van der Waals surface area contributed by atoms with Crippen LogP contribution in [-0.2, 0) is 19.2 Å². The average molecular weight is 551 g/mol. The van der Waals surface area contributed by atoms with Crippen molar-refractivity contribution in [2.24, 2.45) is 5.16 Å². The fraction of sp³-hybridized carbons (Fsp3) is 0.222. The highest BCUT2D eigenvalue weighted by molar-refractivity contribution is 8.07. The van der Waals surface area contributed by atoms with Crippen LogP contribution < -0.4 is 11.1 Å². The number of anilines is 1. The average Bonchev–Trinajstić information content (AvgIpc) is 3.45. The van der Waals surface area contributed by atoms with Crippen molar-refractivity contribution in [2.45, 2.75) is 15.8 Å². The maximum Gasteiger partial charge on any atom is 0.353 e. The van der Waals surface area contributed by atoms with Crippen LogP contribution >= 0.6 is 46.4 Å². The van der Waals surface area contributed by atoms with Crippen LogP contribution in [0.15, 0.2) is 38.4 Å². The lowest BCUT2D eigenvalue weighted by molar-refractivity contribution is -0.150. The maximum absolute atomic E-state index is 13.0. The summed E-state index contributed by atoms with van der Waals surface area (Å²) in [7, 11) is 1.25. The number of thioether (sulfide) groups is 2. The summed E-state index contributed by atoms with van der Waals surface area (Å²) in [5.41, 5.74) is 5.92. The highest BCUT2D eigenvalue weighted by Gasteiger charge is 2.54. The van der Waals surface area contributed by atoms with Gasteiger partial charge in [-0.05, 0) is 12.1 Å². The monoisotopic (exact) mass is 550 g/mol. The van der Waals surface area contributed by atoms with Gasteiger partial charge >= 0.3 is 5.97 Å². The van der Waals surface area contributed by atoms with Crippen LogP contribution in [0.2, 0.25) is 0 Å². The largest absolute Gasteiger partial charge is 0.477 e. The molecular weight excluding hydrogens is 537 g/mol. The molecule has 35 heavy (non-hydrogen) atoms. The molecule has 180 valence electrons. The van der Waals surface area contributed by atoms with E-state index < -0.39 is 29.2 Å². The summed E-state index contributed by atoms with van der Waals surface area (Å²) in [6, 6.07) is 2.64. The van der Waals surface area contributed by atoms with Crippen LogP contribution in [0.1, 0.15) is 5.82 Å². The van der Waals surface area contributed by atoms with Gasteiger partial charge in [-0.1, -0.05) is 28.3 Å². The van der Waals surface area contributed by atoms with Gasteiger partial charge in [0.2, 0.25) is 11.5 Å². The van der Waals surface area contributed by atoms with Crippen molar-refractivity contribution in [1.82, 2.24) is 29.5 Å². The zero-order valence-corrected chi connectivity index (χ0v) is 20.8. The predicted molar refractivity (Wildman–Crippen MR) is 131 cm³/mol. The summed E-state index contributed by atoms with van der Waals surface area (Å²) < 4.78 is 4.57. The Morgan fingerprint density at radius 1 is 1.40 bits per heavy atom. The Hall–Kier alpha value is -3.28. The van der Waals surface area contributed by atoms with Gasteiger partial charge in [0.05, 0.1) is 0 Å². The van der Waals surface area contributed by atoms with E-state index in [4.69, 9.17) is 10.6 Å². The highest BCUT2D eigenvalue weighted by atomic mass is 32.2. The van der Waals surface area contributed by atoms with E-state index >= 15 is 0 Å². The SMILES string of the molecule is CON=C(C(=O)NC1C(=O)N2C(C(=O)O)=C(Sc3nc4cccnc4s3)CS[C@@H]12)c1nsc(N)n1. The third-order valence-corrected chi connectivity index (χ3v) is 8.96. The van der Waals surface area contributed by atoms with E-state index in [1.807, 2.05) is 6.07 Å². The van der Waals surface area contributed by atoms with E-state index in [1.54, 1.807) is 12.3 Å². The van der Waals surface area contributed by atoms with Crippen LogP contribution in [0.4, 0.5) is 5.13 Å². The van der Waals surface area contributed by atoms with Crippen molar-refractivity contribution in [3.8, 4) is 0 Å². The van der Waals surface area contributed by atoms with E-state index in [-0.39, 0.29) is 22.4 Å². The molecule has 5 rings (SSSR count). The number of carboxylic acid groups (broad SMARTS) is 1. The molecule has 2 aliphatic heterocycles. The molecule has 2 aliphatic rings. The van der Waals surface area contributed by atoms with Crippen LogP contribution in [-0.4, -0.2) is 77.1 Å². The molecule has 2 amide bonds. The molecule has 0 radical (unpaired) electrons. The third-order valence-electron chi connectivity index (χ3n) is 4.83. The van der Waals surface area contributed by atoms with E-state index in [1.165, 1.54) is 46.9 Å². The first-order valence-corrected chi connectivity index (χ1v) is 13.1. The number of aliphatic carboxylic acids is 1. The summed E-state index contributed by atoms with van der Waals surface area (Å²) >= 11 is 4.75. The van der Waals surface area contributed by atoms with Crippen LogP contribution in [0.25, 0.3) is 10.3 Å². The number of amides is 2. The summed E-state index contributed by atoms with van der Waals surface area (Å²) in [4.78, 5) is 57.6. The minimum absolute atomic E-state index is 0.0399. The lowest BCUT2D eigenvalue weighted by Gasteiger charge is -2.49. The van der Waals surface area contributed by atoms with Gasteiger partial charge in [0.25, 0.3) is 11.8 Å². The van der Waals surface area contributed by atoms with Crippen molar-refractivity contribution < 1.29 is 24.3 Å². The molecule has 5 heterocycles. The minimum Gasteiger partial charge on any atom is -0.477 e. The highest BCUT2D eigenvalue weighted by Crippen LogP contribution is 2.46. The van der Waals surface area contributed by atoms with Crippen LogP contribution in [0.5, 0.6) is 0 Å². The van der Waals surface area contributed by atoms with E-state index in [2.05, 4.69) is 29.8 Å². The summed E-state index contributed by atoms with van der Waals surface area (Å²) in [5, 5.41) is 15.7. The predicted octanol–water partition coefficient (Wildman–Crippen LogP) is 0.964. The maximum atomic E-state index is 13.0. The van der Waals surface area contributed by atoms with Gasteiger partial charge in [-0.15, -0.1) is 11.8 Å². The first-order valence-electron chi connectivity index (χ1n) is 9.69. The second-order valence-electron chi connectivity index (χ2n) is 6.93. The normalized spacial score (nSPS) is 20.0. The number of nitrogens with two attached hydrogens (primary N) is 1. The summed E-state index contributed by atoms with van der Waals surface area (Å²) in [6.45, 7) is 0. The second-order valence-corrected chi connectivity index (χ2v) is 11.1. The van der Waals surface area contributed by atoms with Gasteiger partial charge in [-0.3, -0.25) is 14.5 Å². The summed E-state index contributed by atoms with van der Waals surface area (Å²) in [6.07, 6.45) is 1.66. The topological polar surface area (TPSA) is 186 Å². The quantitative estimate of drug-likeness (QED) is 0.215. The number of nitrogens with one attached hydrogen (secondary N) is 1. The number of oxime groups is 1. The molecule has 4 N–H and O–H groups in total. The lowest BCUT2D eigenvalue weighted by atomic mass is 10.0. The molecule has 17 heteroatoms. The molecule has 0 spiro atoms. The molecule has 0 aromatic carbocycles. The van der Waals surface area contributed by atoms with Crippen molar-refractivity contribution in [2.75, 3.05) is 18.6 Å². The molecule has 3 aromatic heterocycles. The van der Waals surface area contributed by atoms with E-state index in [0.29, 0.717) is 20.5 Å². The minimum atomic E-state index is -1.24. The second kappa shape index (κ2) is 9.40. The number of carboxylic acids is 1. The van der Waals surface area contributed by atoms with E-state index in [9.17, 15) is 19.5 Å². The number of nitrogen functional groups attached to an aromatic ring is 1. The Morgan fingerprint density at radius 2 is 2.23 bits per heavy atom. The first-order chi connectivity index (χ1) is 16.9. The number of pyridine rings is 1. The Kier molecular flexibility index (Phi) is 6.30. The molecule has 3 aromatic rings. The molecule has 0 saturated carbocycles. The standard InChI is InChI=1S/C18H14N8O5S4/c1-31-24-8(11-23-17(19)35-25-11)12(27)22-9-14(28)26-10(16(29)30)7(5-32-15(9)26)33-18-21-6-3-2-4-20-13(6)34-18/h2-4,9,15H,5H2,1H3,(H,22,27)(H,29,30)(H2,19,23,25)/t9?,15-/m0/s1. The molecule has 2 atom stereocenters. The number of aromatic nitrogens is 4. The molecule has 1 unspecified atom stereocenters. The smallest absolute Gasteiger partial charge is 0.353 e. The number of hydrogen-bond donors (Lipinski definition) is 3. The Morgan fingerprint density at radius 3 is 2.91 bits per heavy atom. The van der Waals surface area contributed by atoms with Crippen molar-refractivity contribution in [3.63, 3.8) is 0 Å². The Balaban J connectivity index is 1.36. The lowest BCUT2D eigenvalue weighted by Crippen LogP contribution is -2.71. The van der Waals surface area contributed by atoms with E-state index in [0.717, 1.165) is 16.4 Å². The number of thiazole rings is 1. The Bertz CT molecular complexity index is 1390. The zero-order chi connectivity index (χ0) is 24.7. The van der Waals surface area contributed by atoms with Gasteiger partial charge in [-0.2, -0.15) is 9.36 Å². The Labute approximate surface area is 213 Å². The molecule has 0 aliphatic carbocycles. The van der Waals surface area contributed by atoms with Gasteiger partial charge < -0.3 is 21.0 Å². The van der Waals surface area contributed by atoms with Crippen LogP contribution in [0, 0.1) is 0 Å². The van der Waals surface area contributed by atoms with Gasteiger partial charge in [0.15, 0.2) is 9.47 Å². The number of rotatable bonds is 7. The van der Waals surface area contributed by atoms with Crippen molar-refractivity contribution >= 4 is 85.4 Å². The van der Waals surface area contributed by atoms with Crippen LogP contribution in [0.3, 0.4) is 0 Å². The zero-order valence-electron chi connectivity index (χ0n) is 17.6. The first kappa shape index (κ1) is 23.5. The number of carbonyl (C=O) groups is 3. The summed E-state index contributed by atoms with van der Waals surface area (Å²) in [5.74, 6) is -2.26.